The minimum absolute atomic E-state index is 0.0683. The molecule has 1 aromatic rings. The van der Waals surface area contributed by atoms with Gasteiger partial charge in [-0.15, -0.1) is 11.3 Å². The van der Waals surface area contributed by atoms with Crippen LogP contribution in [0.3, 0.4) is 0 Å². The number of nitrogens with zero attached hydrogens (tertiary/aromatic N) is 1. The Morgan fingerprint density at radius 3 is 2.75 bits per heavy atom. The summed E-state index contributed by atoms with van der Waals surface area (Å²) in [4.78, 5) is 28.5. The molecule has 0 radical (unpaired) electrons. The van der Waals surface area contributed by atoms with E-state index in [9.17, 15) is 9.59 Å². The lowest BCUT2D eigenvalue weighted by atomic mass is 10.1. The molecular formula is C18H26N2O3S. The highest BCUT2D eigenvalue weighted by molar-refractivity contribution is 7.14. The van der Waals surface area contributed by atoms with Crippen LogP contribution in [-0.4, -0.2) is 42.5 Å². The van der Waals surface area contributed by atoms with Gasteiger partial charge in [0, 0.05) is 31.0 Å². The highest BCUT2D eigenvalue weighted by atomic mass is 32.1. The fraction of sp³-hybridized carbons (Fsp3) is 0.667. The fourth-order valence-electron chi connectivity index (χ4n) is 3.73. The Bertz CT molecular complexity index is 579. The van der Waals surface area contributed by atoms with Crippen molar-refractivity contribution < 1.29 is 14.3 Å². The largest absolute Gasteiger partial charge is 0.379 e. The smallest absolute Gasteiger partial charge is 0.261 e. The van der Waals surface area contributed by atoms with Crippen LogP contribution >= 0.6 is 11.3 Å². The van der Waals surface area contributed by atoms with Gasteiger partial charge in [-0.05, 0) is 25.0 Å². The average Bonchev–Trinajstić information content (AvgIpc) is 3.06. The van der Waals surface area contributed by atoms with E-state index in [1.54, 1.807) is 7.11 Å². The Morgan fingerprint density at radius 2 is 2.04 bits per heavy atom. The Hall–Kier alpha value is -1.40. The molecule has 1 saturated carbocycles. The molecule has 1 N–H and O–H groups in total. The van der Waals surface area contributed by atoms with Crippen LogP contribution in [0.15, 0.2) is 12.1 Å². The summed E-state index contributed by atoms with van der Waals surface area (Å²) >= 11 is 1.45. The minimum Gasteiger partial charge on any atom is -0.379 e. The number of hydrogen-bond donors (Lipinski definition) is 1. The molecule has 2 aliphatic rings. The van der Waals surface area contributed by atoms with E-state index in [1.165, 1.54) is 37.0 Å². The first-order valence-corrected chi connectivity index (χ1v) is 9.67. The molecule has 1 aliphatic carbocycles. The van der Waals surface area contributed by atoms with E-state index in [0.29, 0.717) is 30.5 Å². The van der Waals surface area contributed by atoms with E-state index in [0.717, 1.165) is 17.7 Å². The monoisotopic (exact) mass is 350 g/mol. The Kier molecular flexibility index (Phi) is 5.89. The zero-order valence-electron chi connectivity index (χ0n) is 14.3. The molecule has 6 heteroatoms. The molecule has 3 rings (SSSR count). The quantitative estimate of drug-likeness (QED) is 0.831. The highest BCUT2D eigenvalue weighted by Crippen LogP contribution is 2.26. The second kappa shape index (κ2) is 8.12. The molecule has 132 valence electrons. The third-order valence-electron chi connectivity index (χ3n) is 4.93. The first kappa shape index (κ1) is 17.4. The zero-order valence-corrected chi connectivity index (χ0v) is 15.1. The number of nitrogens with one attached hydrogen (secondary N) is 1. The number of carbonyl (C=O) groups excluding carboxylic acids is 2. The minimum atomic E-state index is -0.0807. The maximum absolute atomic E-state index is 12.4. The number of likely N-dealkylation sites (tertiary alicyclic amines) is 1. The van der Waals surface area contributed by atoms with E-state index < -0.39 is 0 Å². The lowest BCUT2D eigenvalue weighted by Gasteiger charge is -2.27. The highest BCUT2D eigenvalue weighted by Gasteiger charge is 2.35. The van der Waals surface area contributed by atoms with Crippen molar-refractivity contribution in [1.29, 1.82) is 0 Å². The van der Waals surface area contributed by atoms with E-state index in [1.807, 2.05) is 17.0 Å². The molecule has 0 aromatic carbocycles. The predicted octanol–water partition coefficient (Wildman–Crippen LogP) is 2.95. The van der Waals surface area contributed by atoms with Gasteiger partial charge in [0.25, 0.3) is 5.91 Å². The molecule has 1 atom stereocenters. The number of thiophene rings is 1. The molecule has 1 aromatic heterocycles. The zero-order chi connectivity index (χ0) is 16.9. The van der Waals surface area contributed by atoms with Crippen molar-refractivity contribution in [3.05, 3.63) is 21.9 Å². The van der Waals surface area contributed by atoms with Gasteiger partial charge in [0.2, 0.25) is 5.91 Å². The number of hydrogen-bond acceptors (Lipinski definition) is 4. The standard InChI is InChI=1S/C18H26N2O3S/c1-23-12-15-8-9-16(24-15)18(22)19-13-10-17(21)20(11-13)14-6-4-2-3-5-7-14/h8-9,13-14H,2-7,10-12H2,1H3,(H,19,22)/t13-/m0/s1. The molecule has 0 spiro atoms. The molecule has 2 heterocycles. The van der Waals surface area contributed by atoms with Crippen LogP contribution in [0.1, 0.15) is 59.5 Å². The van der Waals surface area contributed by atoms with Gasteiger partial charge in [-0.1, -0.05) is 25.7 Å². The van der Waals surface area contributed by atoms with E-state index in [-0.39, 0.29) is 17.9 Å². The van der Waals surface area contributed by atoms with Crippen molar-refractivity contribution in [1.82, 2.24) is 10.2 Å². The lowest BCUT2D eigenvalue weighted by molar-refractivity contribution is -0.129. The first-order valence-electron chi connectivity index (χ1n) is 8.85. The topological polar surface area (TPSA) is 58.6 Å². The van der Waals surface area contributed by atoms with Crippen LogP contribution in [0, 0.1) is 0 Å². The van der Waals surface area contributed by atoms with Gasteiger partial charge < -0.3 is 15.0 Å². The van der Waals surface area contributed by atoms with Gasteiger partial charge in [0.05, 0.1) is 17.5 Å². The summed E-state index contributed by atoms with van der Waals surface area (Å²) in [6, 6.07) is 4.05. The van der Waals surface area contributed by atoms with Crippen molar-refractivity contribution in [2.75, 3.05) is 13.7 Å². The molecular weight excluding hydrogens is 324 g/mol. The molecule has 1 aliphatic heterocycles. The lowest BCUT2D eigenvalue weighted by Crippen LogP contribution is -2.40. The normalized spacial score (nSPS) is 22.6. The van der Waals surface area contributed by atoms with Gasteiger partial charge in [-0.3, -0.25) is 9.59 Å². The third-order valence-corrected chi connectivity index (χ3v) is 5.99. The molecule has 0 bridgehead atoms. The molecule has 0 unspecified atom stereocenters. The molecule has 5 nitrogen and oxygen atoms in total. The third kappa shape index (κ3) is 4.16. The summed E-state index contributed by atoms with van der Waals surface area (Å²) in [5.41, 5.74) is 0. The van der Waals surface area contributed by atoms with Crippen LogP contribution in [0.5, 0.6) is 0 Å². The van der Waals surface area contributed by atoms with Crippen molar-refractivity contribution >= 4 is 23.2 Å². The fourth-order valence-corrected chi connectivity index (χ4v) is 4.61. The van der Waals surface area contributed by atoms with Crippen LogP contribution < -0.4 is 5.32 Å². The number of ether oxygens (including phenoxy) is 1. The number of carbonyl (C=O) groups is 2. The summed E-state index contributed by atoms with van der Waals surface area (Å²) in [6.07, 6.45) is 7.63. The van der Waals surface area contributed by atoms with Crippen molar-refractivity contribution in [3.63, 3.8) is 0 Å². The summed E-state index contributed by atoms with van der Waals surface area (Å²) in [5, 5.41) is 3.03. The predicted molar refractivity (Wildman–Crippen MR) is 94.1 cm³/mol. The maximum atomic E-state index is 12.4. The van der Waals surface area contributed by atoms with Gasteiger partial charge in [0.15, 0.2) is 0 Å². The summed E-state index contributed by atoms with van der Waals surface area (Å²) in [5.74, 6) is 0.112. The number of methoxy groups -OCH3 is 1. The van der Waals surface area contributed by atoms with Gasteiger partial charge in [0.1, 0.15) is 0 Å². The summed E-state index contributed by atoms with van der Waals surface area (Å²) in [7, 11) is 1.64. The summed E-state index contributed by atoms with van der Waals surface area (Å²) < 4.78 is 5.09. The van der Waals surface area contributed by atoms with Crippen molar-refractivity contribution in [2.45, 2.75) is 63.6 Å². The molecule has 24 heavy (non-hydrogen) atoms. The van der Waals surface area contributed by atoms with Crippen LogP contribution in [0.25, 0.3) is 0 Å². The Balaban J connectivity index is 1.55. The van der Waals surface area contributed by atoms with E-state index in [4.69, 9.17) is 4.74 Å². The first-order chi connectivity index (χ1) is 11.7. The van der Waals surface area contributed by atoms with Crippen LogP contribution in [0.2, 0.25) is 0 Å². The molecule has 2 fully saturated rings. The summed E-state index contributed by atoms with van der Waals surface area (Å²) in [6.45, 7) is 1.18. The average molecular weight is 350 g/mol. The molecule has 2 amide bonds. The number of amides is 2. The van der Waals surface area contributed by atoms with Crippen LogP contribution in [-0.2, 0) is 16.1 Å². The van der Waals surface area contributed by atoms with E-state index >= 15 is 0 Å². The molecule has 1 saturated heterocycles. The van der Waals surface area contributed by atoms with Crippen molar-refractivity contribution in [2.24, 2.45) is 0 Å². The van der Waals surface area contributed by atoms with E-state index in [2.05, 4.69) is 5.32 Å². The van der Waals surface area contributed by atoms with Crippen molar-refractivity contribution in [3.8, 4) is 0 Å². The second-order valence-corrected chi connectivity index (χ2v) is 7.93. The Labute approximate surface area is 147 Å². The second-order valence-electron chi connectivity index (χ2n) is 6.76. The number of rotatable bonds is 5. The van der Waals surface area contributed by atoms with Gasteiger partial charge in [-0.25, -0.2) is 0 Å². The Morgan fingerprint density at radius 1 is 1.29 bits per heavy atom. The maximum Gasteiger partial charge on any atom is 0.261 e. The van der Waals surface area contributed by atoms with Crippen LogP contribution in [0.4, 0.5) is 0 Å². The van der Waals surface area contributed by atoms with Gasteiger partial charge in [-0.2, -0.15) is 0 Å². The SMILES string of the molecule is COCc1ccc(C(=O)N[C@H]2CC(=O)N(C3CCCCCC3)C2)s1. The van der Waals surface area contributed by atoms with Gasteiger partial charge >= 0.3 is 0 Å².